The molecule has 1 aromatic heterocycles. The highest BCUT2D eigenvalue weighted by atomic mass is 16.5. The maximum Gasteiger partial charge on any atom is 0.257 e. The predicted octanol–water partition coefficient (Wildman–Crippen LogP) is 2.82. The first-order chi connectivity index (χ1) is 14.0. The average molecular weight is 400 g/mol. The molecule has 1 N–H and O–H groups in total. The number of nitrogens with one attached hydrogen (secondary N) is 1. The summed E-state index contributed by atoms with van der Waals surface area (Å²) >= 11 is 0. The SMILES string of the molecule is COc1ccc(CCNC(=O)C2CCCN(C(=O)c3ccoc3C)C2)cc1OC. The van der Waals surface area contributed by atoms with Crippen molar-refractivity contribution in [3.05, 3.63) is 47.4 Å². The minimum Gasteiger partial charge on any atom is -0.493 e. The summed E-state index contributed by atoms with van der Waals surface area (Å²) in [5.41, 5.74) is 1.62. The van der Waals surface area contributed by atoms with E-state index in [1.54, 1.807) is 32.1 Å². The van der Waals surface area contributed by atoms with Crippen LogP contribution in [0.4, 0.5) is 0 Å². The normalized spacial score (nSPS) is 16.4. The summed E-state index contributed by atoms with van der Waals surface area (Å²) in [5.74, 6) is 1.69. The third-order valence-corrected chi connectivity index (χ3v) is 5.33. The molecule has 1 aliphatic rings. The Morgan fingerprint density at radius 2 is 2.00 bits per heavy atom. The standard InChI is InChI=1S/C22H28N2O5/c1-15-18(9-12-29-15)22(26)24-11-4-5-17(14-24)21(25)23-10-8-16-6-7-19(27-2)20(13-16)28-3/h6-7,9,12-13,17H,4-5,8,10-11,14H2,1-3H3,(H,23,25). The van der Waals surface area contributed by atoms with Crippen molar-refractivity contribution in [2.75, 3.05) is 33.9 Å². The Morgan fingerprint density at radius 1 is 1.21 bits per heavy atom. The fraction of sp³-hybridized carbons (Fsp3) is 0.455. The van der Waals surface area contributed by atoms with Gasteiger partial charge in [0, 0.05) is 19.6 Å². The molecular formula is C22H28N2O5. The summed E-state index contributed by atoms with van der Waals surface area (Å²) in [7, 11) is 3.20. The Balaban J connectivity index is 1.51. The van der Waals surface area contributed by atoms with E-state index in [0.29, 0.717) is 48.9 Å². The summed E-state index contributed by atoms with van der Waals surface area (Å²) in [4.78, 5) is 27.0. The number of hydrogen-bond donors (Lipinski definition) is 1. The second-order valence-electron chi connectivity index (χ2n) is 7.21. The highest BCUT2D eigenvalue weighted by Gasteiger charge is 2.29. The average Bonchev–Trinajstić information content (AvgIpc) is 3.18. The first kappa shape index (κ1) is 20.8. The van der Waals surface area contributed by atoms with Crippen LogP contribution in [-0.4, -0.2) is 50.6 Å². The lowest BCUT2D eigenvalue weighted by Crippen LogP contribution is -2.45. The lowest BCUT2D eigenvalue weighted by Gasteiger charge is -2.32. The molecule has 1 unspecified atom stereocenters. The van der Waals surface area contributed by atoms with Gasteiger partial charge in [0.05, 0.1) is 32.0 Å². The maximum atomic E-state index is 12.7. The highest BCUT2D eigenvalue weighted by molar-refractivity contribution is 5.95. The number of rotatable bonds is 7. The number of hydrogen-bond acceptors (Lipinski definition) is 5. The quantitative estimate of drug-likeness (QED) is 0.773. The van der Waals surface area contributed by atoms with E-state index in [4.69, 9.17) is 13.9 Å². The van der Waals surface area contributed by atoms with Crippen molar-refractivity contribution in [3.63, 3.8) is 0 Å². The Bertz CT molecular complexity index is 861. The van der Waals surface area contributed by atoms with Crippen LogP contribution in [0.3, 0.4) is 0 Å². The molecular weight excluding hydrogens is 372 g/mol. The predicted molar refractivity (Wildman–Crippen MR) is 108 cm³/mol. The van der Waals surface area contributed by atoms with Crippen LogP contribution in [0.2, 0.25) is 0 Å². The van der Waals surface area contributed by atoms with Crippen molar-refractivity contribution in [2.24, 2.45) is 5.92 Å². The number of benzene rings is 1. The van der Waals surface area contributed by atoms with Gasteiger partial charge in [-0.15, -0.1) is 0 Å². The number of nitrogens with zero attached hydrogens (tertiary/aromatic N) is 1. The van der Waals surface area contributed by atoms with E-state index in [2.05, 4.69) is 5.32 Å². The smallest absolute Gasteiger partial charge is 0.257 e. The monoisotopic (exact) mass is 400 g/mol. The molecule has 7 heteroatoms. The minimum absolute atomic E-state index is 0.00751. The van der Waals surface area contributed by atoms with Crippen molar-refractivity contribution in [3.8, 4) is 11.5 Å². The lowest BCUT2D eigenvalue weighted by molar-refractivity contribution is -0.126. The molecule has 0 aliphatic carbocycles. The Hall–Kier alpha value is -2.96. The number of piperidine rings is 1. The zero-order chi connectivity index (χ0) is 20.8. The van der Waals surface area contributed by atoms with Gasteiger partial charge in [0.25, 0.3) is 5.91 Å². The van der Waals surface area contributed by atoms with Gasteiger partial charge in [0.1, 0.15) is 5.76 Å². The van der Waals surface area contributed by atoms with Crippen LogP contribution in [0, 0.1) is 12.8 Å². The first-order valence-corrected chi connectivity index (χ1v) is 9.85. The number of furan rings is 1. The number of likely N-dealkylation sites (tertiary alicyclic amines) is 1. The van der Waals surface area contributed by atoms with Crippen LogP contribution in [0.25, 0.3) is 0 Å². The van der Waals surface area contributed by atoms with E-state index in [1.165, 1.54) is 6.26 Å². The molecule has 0 saturated carbocycles. The largest absolute Gasteiger partial charge is 0.493 e. The van der Waals surface area contributed by atoms with Crippen LogP contribution in [-0.2, 0) is 11.2 Å². The zero-order valence-corrected chi connectivity index (χ0v) is 17.2. The van der Waals surface area contributed by atoms with Crippen LogP contribution >= 0.6 is 0 Å². The first-order valence-electron chi connectivity index (χ1n) is 9.85. The van der Waals surface area contributed by atoms with Gasteiger partial charge in [-0.25, -0.2) is 0 Å². The van der Waals surface area contributed by atoms with Gasteiger partial charge in [0.15, 0.2) is 11.5 Å². The van der Waals surface area contributed by atoms with E-state index >= 15 is 0 Å². The van der Waals surface area contributed by atoms with Crippen LogP contribution in [0.15, 0.2) is 34.9 Å². The molecule has 1 aromatic carbocycles. The minimum atomic E-state index is -0.190. The third-order valence-electron chi connectivity index (χ3n) is 5.33. The van der Waals surface area contributed by atoms with Gasteiger partial charge in [-0.05, 0) is 49.9 Å². The maximum absolute atomic E-state index is 12.7. The molecule has 2 aromatic rings. The summed E-state index contributed by atoms with van der Waals surface area (Å²) in [6, 6.07) is 7.42. The second-order valence-corrected chi connectivity index (χ2v) is 7.21. The summed E-state index contributed by atoms with van der Waals surface area (Å²) in [6.07, 6.45) is 3.81. The zero-order valence-electron chi connectivity index (χ0n) is 17.2. The molecule has 156 valence electrons. The van der Waals surface area contributed by atoms with Gasteiger partial charge in [-0.1, -0.05) is 6.07 Å². The van der Waals surface area contributed by atoms with Crippen LogP contribution in [0.5, 0.6) is 11.5 Å². The molecule has 29 heavy (non-hydrogen) atoms. The lowest BCUT2D eigenvalue weighted by atomic mass is 9.96. The van der Waals surface area contributed by atoms with E-state index in [0.717, 1.165) is 18.4 Å². The molecule has 1 saturated heterocycles. The molecule has 7 nitrogen and oxygen atoms in total. The number of amides is 2. The molecule has 3 rings (SSSR count). The van der Waals surface area contributed by atoms with Crippen LogP contribution < -0.4 is 14.8 Å². The Morgan fingerprint density at radius 3 is 2.69 bits per heavy atom. The van der Waals surface area contributed by atoms with Gasteiger partial charge >= 0.3 is 0 Å². The number of carbonyl (C=O) groups is 2. The molecule has 2 amide bonds. The van der Waals surface area contributed by atoms with Gasteiger partial charge in [-0.2, -0.15) is 0 Å². The molecule has 1 aliphatic heterocycles. The number of ether oxygens (including phenoxy) is 2. The van der Waals surface area contributed by atoms with Crippen molar-refractivity contribution in [1.82, 2.24) is 10.2 Å². The number of aryl methyl sites for hydroxylation is 1. The fourth-order valence-electron chi connectivity index (χ4n) is 3.66. The van der Waals surface area contributed by atoms with Crippen molar-refractivity contribution in [1.29, 1.82) is 0 Å². The molecule has 0 spiro atoms. The Kier molecular flexibility index (Phi) is 6.80. The summed E-state index contributed by atoms with van der Waals surface area (Å²) in [6.45, 7) is 3.40. The molecule has 1 fully saturated rings. The van der Waals surface area contributed by atoms with E-state index in [9.17, 15) is 9.59 Å². The van der Waals surface area contributed by atoms with Crippen molar-refractivity contribution < 1.29 is 23.5 Å². The van der Waals surface area contributed by atoms with Gasteiger partial charge in [-0.3, -0.25) is 9.59 Å². The molecule has 0 bridgehead atoms. The van der Waals surface area contributed by atoms with E-state index in [1.807, 2.05) is 18.2 Å². The summed E-state index contributed by atoms with van der Waals surface area (Å²) in [5, 5.41) is 3.01. The number of carbonyl (C=O) groups excluding carboxylic acids is 2. The van der Waals surface area contributed by atoms with Crippen molar-refractivity contribution >= 4 is 11.8 Å². The van der Waals surface area contributed by atoms with Crippen molar-refractivity contribution in [2.45, 2.75) is 26.2 Å². The van der Waals surface area contributed by atoms with Gasteiger partial charge < -0.3 is 24.1 Å². The fourth-order valence-corrected chi connectivity index (χ4v) is 3.66. The molecule has 0 radical (unpaired) electrons. The third kappa shape index (κ3) is 4.91. The Labute approximate surface area is 171 Å². The number of methoxy groups -OCH3 is 2. The highest BCUT2D eigenvalue weighted by Crippen LogP contribution is 2.27. The van der Waals surface area contributed by atoms with Gasteiger partial charge in [0.2, 0.25) is 5.91 Å². The summed E-state index contributed by atoms with van der Waals surface area (Å²) < 4.78 is 15.8. The van der Waals surface area contributed by atoms with Crippen LogP contribution in [0.1, 0.15) is 34.5 Å². The topological polar surface area (TPSA) is 81.0 Å². The van der Waals surface area contributed by atoms with E-state index < -0.39 is 0 Å². The van der Waals surface area contributed by atoms with E-state index in [-0.39, 0.29) is 17.7 Å². The molecule has 1 atom stereocenters. The second kappa shape index (κ2) is 9.49. The molecule has 2 heterocycles.